The fourth-order valence-electron chi connectivity index (χ4n) is 5.50. The quantitative estimate of drug-likeness (QED) is 0.524. The third-order valence-electron chi connectivity index (χ3n) is 7.55. The molecule has 1 fully saturated rings. The number of rotatable bonds is 6. The average Bonchev–Trinajstić information content (AvgIpc) is 3.42. The number of fused-ring (bicyclic) bond motifs is 3. The van der Waals surface area contributed by atoms with Crippen LogP contribution in [-0.4, -0.2) is 39.5 Å². The van der Waals surface area contributed by atoms with Gasteiger partial charge in [0.2, 0.25) is 5.91 Å². The minimum absolute atomic E-state index is 0.0849. The van der Waals surface area contributed by atoms with Crippen LogP contribution in [0.1, 0.15) is 74.8 Å². The number of furan rings is 1. The first-order valence-electron chi connectivity index (χ1n) is 12.9. The third kappa shape index (κ3) is 4.56. The van der Waals surface area contributed by atoms with Gasteiger partial charge in [-0.25, -0.2) is 0 Å². The van der Waals surface area contributed by atoms with Crippen LogP contribution in [-0.2, 0) is 17.9 Å². The lowest BCUT2D eigenvalue weighted by Crippen LogP contribution is -2.64. The maximum absolute atomic E-state index is 13.9. The summed E-state index contributed by atoms with van der Waals surface area (Å²) in [6.07, 6.45) is 9.60. The summed E-state index contributed by atoms with van der Waals surface area (Å²) >= 11 is 0. The second-order valence-electron chi connectivity index (χ2n) is 10.0. The number of benzene rings is 1. The Bertz CT molecular complexity index is 1190. The largest absolute Gasteiger partial charge is 0.494 e. The average molecular weight is 478 g/mol. The molecule has 1 atom stereocenters. The van der Waals surface area contributed by atoms with Gasteiger partial charge in [-0.1, -0.05) is 44.2 Å². The van der Waals surface area contributed by atoms with Gasteiger partial charge in [0.25, 0.3) is 5.91 Å². The predicted molar refractivity (Wildman–Crippen MR) is 134 cm³/mol. The smallest absolute Gasteiger partial charge is 0.271 e. The fourth-order valence-corrected chi connectivity index (χ4v) is 5.50. The molecule has 0 spiro atoms. The highest BCUT2D eigenvalue weighted by Crippen LogP contribution is 2.34. The molecule has 7 nitrogen and oxygen atoms in total. The van der Waals surface area contributed by atoms with Crippen molar-refractivity contribution in [2.24, 2.45) is 0 Å². The molecule has 1 N–H and O–H groups in total. The Morgan fingerprint density at radius 3 is 2.54 bits per heavy atom. The van der Waals surface area contributed by atoms with E-state index in [1.54, 1.807) is 17.2 Å². The molecule has 1 aliphatic carbocycles. The number of hydrogen-bond acceptors (Lipinski definition) is 4. The van der Waals surface area contributed by atoms with Gasteiger partial charge < -0.3 is 23.9 Å². The van der Waals surface area contributed by atoms with E-state index in [1.165, 1.54) is 19.3 Å². The Hall–Kier alpha value is -3.22. The number of carbonyl (C=O) groups is 2. The molecule has 0 unspecified atom stereocenters. The third-order valence-corrected chi connectivity index (χ3v) is 7.55. The van der Waals surface area contributed by atoms with E-state index < -0.39 is 5.54 Å². The first kappa shape index (κ1) is 23.5. The maximum atomic E-state index is 13.9. The van der Waals surface area contributed by atoms with Gasteiger partial charge in [0.15, 0.2) is 5.58 Å². The van der Waals surface area contributed by atoms with Gasteiger partial charge in [0.1, 0.15) is 17.0 Å². The Labute approximate surface area is 206 Å². The minimum Gasteiger partial charge on any atom is -0.494 e. The SMILES string of the molecule is CCOc1ccc(CN2C(=O)c3cc4occc4n3C[C@@]2(C)C(=O)NC2CCCCCCC2)cc1. The molecule has 186 valence electrons. The summed E-state index contributed by atoms with van der Waals surface area (Å²) in [4.78, 5) is 29.5. The first-order valence-corrected chi connectivity index (χ1v) is 12.9. The molecule has 3 aromatic rings. The number of carbonyl (C=O) groups excluding carboxylic acids is 2. The van der Waals surface area contributed by atoms with Crippen molar-refractivity contribution in [2.75, 3.05) is 6.61 Å². The van der Waals surface area contributed by atoms with Crippen LogP contribution in [0, 0.1) is 0 Å². The zero-order valence-electron chi connectivity index (χ0n) is 20.7. The number of hydrogen-bond donors (Lipinski definition) is 1. The van der Waals surface area contributed by atoms with E-state index in [4.69, 9.17) is 9.15 Å². The van der Waals surface area contributed by atoms with E-state index in [9.17, 15) is 9.59 Å². The zero-order chi connectivity index (χ0) is 24.4. The lowest BCUT2D eigenvalue weighted by molar-refractivity contribution is -0.134. The minimum atomic E-state index is -1.03. The maximum Gasteiger partial charge on any atom is 0.271 e. The highest BCUT2D eigenvalue weighted by molar-refractivity contribution is 6.02. The molecule has 1 saturated carbocycles. The summed E-state index contributed by atoms with van der Waals surface area (Å²) in [6, 6.07) is 11.6. The summed E-state index contributed by atoms with van der Waals surface area (Å²) in [7, 11) is 0. The van der Waals surface area contributed by atoms with Crippen molar-refractivity contribution in [1.82, 2.24) is 14.8 Å². The predicted octanol–water partition coefficient (Wildman–Crippen LogP) is 5.28. The summed E-state index contributed by atoms with van der Waals surface area (Å²) in [5.74, 6) is 0.547. The van der Waals surface area contributed by atoms with Crippen molar-refractivity contribution in [1.29, 1.82) is 0 Å². The number of nitrogens with zero attached hydrogens (tertiary/aromatic N) is 2. The lowest BCUT2D eigenvalue weighted by Gasteiger charge is -2.44. The van der Waals surface area contributed by atoms with E-state index in [1.807, 2.05) is 48.7 Å². The standard InChI is InChI=1S/C28H35N3O4/c1-3-34-22-13-11-20(12-14-22)18-31-26(32)24-17-25-23(15-16-35-25)30(24)19-28(31,2)27(33)29-21-9-7-5-4-6-8-10-21/h11-17,21H,3-10,18-19H2,1-2H3,(H,29,33)/t28-/m0/s1. The van der Waals surface area contributed by atoms with Gasteiger partial charge in [0, 0.05) is 24.7 Å². The van der Waals surface area contributed by atoms with Crippen molar-refractivity contribution >= 4 is 22.9 Å². The molecule has 5 rings (SSSR count). The molecule has 0 saturated heterocycles. The Morgan fingerprint density at radius 2 is 1.83 bits per heavy atom. The second kappa shape index (κ2) is 9.80. The normalized spacial score (nSPS) is 21.4. The van der Waals surface area contributed by atoms with Crippen LogP contribution in [0.5, 0.6) is 5.75 Å². The first-order chi connectivity index (χ1) is 17.0. The molecule has 1 aromatic carbocycles. The van der Waals surface area contributed by atoms with Crippen LogP contribution in [0.15, 0.2) is 47.1 Å². The molecule has 3 heterocycles. The second-order valence-corrected chi connectivity index (χ2v) is 10.0. The number of nitrogens with one attached hydrogen (secondary N) is 1. The van der Waals surface area contributed by atoms with E-state index in [0.717, 1.165) is 42.5 Å². The molecular weight excluding hydrogens is 442 g/mol. The summed E-state index contributed by atoms with van der Waals surface area (Å²) < 4.78 is 13.1. The van der Waals surface area contributed by atoms with Gasteiger partial charge in [-0.15, -0.1) is 0 Å². The Morgan fingerprint density at radius 1 is 1.11 bits per heavy atom. The van der Waals surface area contributed by atoms with Gasteiger partial charge in [-0.2, -0.15) is 0 Å². The molecule has 0 radical (unpaired) electrons. The monoisotopic (exact) mass is 477 g/mol. The number of aromatic nitrogens is 1. The highest BCUT2D eigenvalue weighted by atomic mass is 16.5. The van der Waals surface area contributed by atoms with Gasteiger partial charge in [-0.05, 0) is 44.4 Å². The molecule has 7 heteroatoms. The number of ether oxygens (including phenoxy) is 1. The van der Waals surface area contributed by atoms with Crippen molar-refractivity contribution < 1.29 is 18.7 Å². The molecule has 2 aromatic heterocycles. The van der Waals surface area contributed by atoms with Crippen molar-refractivity contribution in [2.45, 2.75) is 83.5 Å². The zero-order valence-corrected chi connectivity index (χ0v) is 20.7. The molecule has 35 heavy (non-hydrogen) atoms. The van der Waals surface area contributed by atoms with Crippen LogP contribution >= 0.6 is 0 Å². The summed E-state index contributed by atoms with van der Waals surface area (Å²) in [5, 5.41) is 3.33. The summed E-state index contributed by atoms with van der Waals surface area (Å²) in [6.45, 7) is 5.17. The molecule has 2 aliphatic rings. The topological polar surface area (TPSA) is 76.7 Å². The van der Waals surface area contributed by atoms with E-state index in [0.29, 0.717) is 31.0 Å². The van der Waals surface area contributed by atoms with Crippen molar-refractivity contribution in [3.63, 3.8) is 0 Å². The highest BCUT2D eigenvalue weighted by Gasteiger charge is 2.48. The fraction of sp³-hybridized carbons (Fsp3) is 0.500. The Kier molecular flexibility index (Phi) is 6.58. The molecule has 2 amide bonds. The van der Waals surface area contributed by atoms with Crippen LogP contribution in [0.4, 0.5) is 0 Å². The van der Waals surface area contributed by atoms with E-state index >= 15 is 0 Å². The van der Waals surface area contributed by atoms with E-state index in [2.05, 4.69) is 5.32 Å². The van der Waals surface area contributed by atoms with Gasteiger partial charge in [0.05, 0.1) is 24.9 Å². The lowest BCUT2D eigenvalue weighted by atomic mass is 9.91. The molecular formula is C28H35N3O4. The number of amides is 2. The van der Waals surface area contributed by atoms with Crippen molar-refractivity contribution in [3.05, 3.63) is 53.9 Å². The van der Waals surface area contributed by atoms with Crippen LogP contribution < -0.4 is 10.1 Å². The van der Waals surface area contributed by atoms with Crippen LogP contribution in [0.25, 0.3) is 11.1 Å². The summed E-state index contributed by atoms with van der Waals surface area (Å²) in [5.41, 5.74) is 1.99. The molecule has 1 aliphatic heterocycles. The Balaban J connectivity index is 1.46. The van der Waals surface area contributed by atoms with E-state index in [-0.39, 0.29) is 17.9 Å². The van der Waals surface area contributed by atoms with Gasteiger partial charge >= 0.3 is 0 Å². The van der Waals surface area contributed by atoms with Crippen LogP contribution in [0.3, 0.4) is 0 Å². The van der Waals surface area contributed by atoms with Crippen molar-refractivity contribution in [3.8, 4) is 5.75 Å². The van der Waals surface area contributed by atoms with Crippen LogP contribution in [0.2, 0.25) is 0 Å². The van der Waals surface area contributed by atoms with Gasteiger partial charge in [-0.3, -0.25) is 9.59 Å². The molecule has 0 bridgehead atoms.